The van der Waals surface area contributed by atoms with Crippen LogP contribution >= 0.6 is 68.7 Å². The van der Waals surface area contributed by atoms with Gasteiger partial charge in [0, 0.05) is 76.8 Å². The molecule has 0 fully saturated rings. The third kappa shape index (κ3) is 8.60. The summed E-state index contributed by atoms with van der Waals surface area (Å²) in [4.78, 5) is 42.5. The molecule has 0 saturated heterocycles. The van der Waals surface area contributed by atoms with Crippen molar-refractivity contribution >= 4 is 125 Å². The van der Waals surface area contributed by atoms with E-state index in [4.69, 9.17) is 9.97 Å². The average molecular weight is 1040 g/mol. The van der Waals surface area contributed by atoms with Crippen LogP contribution in [0.2, 0.25) is 0 Å². The molecule has 3 aromatic heterocycles. The second-order valence-corrected chi connectivity index (χ2v) is 19.3. The van der Waals surface area contributed by atoms with E-state index < -0.39 is 0 Å². The van der Waals surface area contributed by atoms with Crippen molar-refractivity contribution in [3.63, 3.8) is 0 Å². The summed E-state index contributed by atoms with van der Waals surface area (Å²) in [6.07, 6.45) is 8.43. The highest BCUT2D eigenvalue weighted by molar-refractivity contribution is 14.1. The smallest absolute Gasteiger partial charge is 0.186 e. The predicted molar refractivity (Wildman–Crippen MR) is 270 cm³/mol. The first-order valence-electron chi connectivity index (χ1n) is 19.3. The zero-order valence-electron chi connectivity index (χ0n) is 32.6. The largest absolute Gasteiger partial charge is 0.354 e. The Morgan fingerprint density at radius 2 is 0.783 bits per heavy atom. The first-order valence-corrected chi connectivity index (χ1v) is 23.4. The van der Waals surface area contributed by atoms with Crippen LogP contribution in [0.15, 0.2) is 121 Å². The number of nitrogens with zero attached hydrogens (tertiary/aromatic N) is 2. The molecule has 2 N–H and O–H groups in total. The van der Waals surface area contributed by atoms with Gasteiger partial charge in [-0.25, -0.2) is 9.97 Å². The van der Waals surface area contributed by atoms with E-state index in [0.717, 1.165) is 108 Å². The van der Waals surface area contributed by atoms with Crippen LogP contribution in [0, 0.1) is 7.14 Å². The second kappa shape index (κ2) is 17.5. The number of benzene rings is 4. The van der Waals surface area contributed by atoms with Crippen molar-refractivity contribution in [2.75, 3.05) is 0 Å². The van der Waals surface area contributed by atoms with Gasteiger partial charge in [0.05, 0.1) is 22.8 Å². The molecule has 5 heterocycles. The van der Waals surface area contributed by atoms with Crippen LogP contribution in [0.1, 0.15) is 47.8 Å². The van der Waals surface area contributed by atoms with E-state index >= 15 is 0 Å². The first-order chi connectivity index (χ1) is 29.2. The Kier molecular flexibility index (Phi) is 11.8. The SMILES string of the molecule is CC(=O)SCc1cccc(-c2c3nc(c(-c4cccc(I)c4)c4ccc([nH]4)c(-c4cccc(CSC(C)=O)c4)c4nc(c(-c5cccc(I)c5)c5ccc2[nH]5)C=C4)C=C3)c1. The number of carbonyl (C=O) groups excluding carboxylic acids is 2. The third-order valence-corrected chi connectivity index (χ3v) is 13.4. The Bertz CT molecular complexity index is 2900. The van der Waals surface area contributed by atoms with Crippen LogP contribution in [-0.4, -0.2) is 30.2 Å². The molecule has 10 heteroatoms. The highest BCUT2D eigenvalue weighted by Gasteiger charge is 2.20. The molecule has 0 radical (unpaired) electrons. The van der Waals surface area contributed by atoms with Crippen molar-refractivity contribution in [1.82, 2.24) is 19.9 Å². The number of halogens is 2. The molecule has 0 aliphatic carbocycles. The number of rotatable bonds is 8. The number of thioether (sulfide) groups is 2. The van der Waals surface area contributed by atoms with Gasteiger partial charge in [-0.15, -0.1) is 0 Å². The maximum Gasteiger partial charge on any atom is 0.186 e. The number of hydrogen-bond acceptors (Lipinski definition) is 6. The van der Waals surface area contributed by atoms with Crippen LogP contribution in [-0.2, 0) is 21.1 Å². The molecule has 9 rings (SSSR count). The van der Waals surface area contributed by atoms with E-state index in [-0.39, 0.29) is 10.2 Å². The predicted octanol–water partition coefficient (Wildman–Crippen LogP) is 14.1. The molecule has 0 atom stereocenters. The van der Waals surface area contributed by atoms with Gasteiger partial charge in [0.15, 0.2) is 10.2 Å². The van der Waals surface area contributed by atoms with Crippen molar-refractivity contribution in [2.24, 2.45) is 0 Å². The Labute approximate surface area is 383 Å². The molecular weight excluding hydrogens is 1010 g/mol. The normalized spacial score (nSPS) is 11.9. The van der Waals surface area contributed by atoms with E-state index in [2.05, 4.69) is 201 Å². The van der Waals surface area contributed by atoms with Crippen LogP contribution in [0.5, 0.6) is 0 Å². The summed E-state index contributed by atoms with van der Waals surface area (Å²) in [5, 5.41) is 0.176. The van der Waals surface area contributed by atoms with Gasteiger partial charge in [-0.1, -0.05) is 96.3 Å². The number of aromatic nitrogens is 4. The molecule has 0 unspecified atom stereocenters. The number of fused-ring (bicyclic) bond motifs is 8. The first kappa shape index (κ1) is 40.4. The molecule has 7 aromatic rings. The summed E-state index contributed by atoms with van der Waals surface area (Å²) in [6, 6.07) is 42.4. The lowest BCUT2D eigenvalue weighted by molar-refractivity contribution is -0.109. The fraction of sp³-hybridized carbons (Fsp3) is 0.0800. The fourth-order valence-corrected chi connectivity index (χ4v) is 9.90. The summed E-state index contributed by atoms with van der Waals surface area (Å²) in [7, 11) is 0. The quantitative estimate of drug-likeness (QED) is 0.147. The van der Waals surface area contributed by atoms with E-state index in [1.165, 1.54) is 23.5 Å². The summed E-state index contributed by atoms with van der Waals surface area (Å²) in [6.45, 7) is 3.22. The van der Waals surface area contributed by atoms with Gasteiger partial charge >= 0.3 is 0 Å². The van der Waals surface area contributed by atoms with Crippen molar-refractivity contribution in [2.45, 2.75) is 25.4 Å². The maximum atomic E-state index is 12.0. The van der Waals surface area contributed by atoms with Gasteiger partial charge in [-0.05, 0) is 151 Å². The molecule has 2 aliphatic heterocycles. The summed E-state index contributed by atoms with van der Waals surface area (Å²) in [5.74, 6) is 1.17. The molecule has 8 bridgehead atoms. The topological polar surface area (TPSA) is 91.5 Å². The zero-order valence-corrected chi connectivity index (χ0v) is 38.5. The molecule has 0 amide bonds. The standard InChI is InChI=1S/C50H36I2N4O2S2/c1-29(57)59-27-31-7-3-9-33(23-31)47-39-15-19-43(53-39)49(35-11-5-13-37(51)25-35)45-21-17-41(55-45)48(34-10-4-8-32(24-34)28-60-30(2)58)42-18-22-46(56-42)50(44-20-16-40(47)54-44)36-12-6-14-38(52)26-36/h3-26,53,56H,27-28H2,1-2H3. The maximum absolute atomic E-state index is 12.0. The summed E-state index contributed by atoms with van der Waals surface area (Å²) >= 11 is 7.36. The number of H-pyrrole nitrogens is 2. The van der Waals surface area contributed by atoms with E-state index in [1.54, 1.807) is 13.8 Å². The minimum Gasteiger partial charge on any atom is -0.354 e. The van der Waals surface area contributed by atoms with Crippen molar-refractivity contribution in [3.8, 4) is 44.5 Å². The second-order valence-electron chi connectivity index (χ2n) is 14.5. The summed E-state index contributed by atoms with van der Waals surface area (Å²) < 4.78 is 2.24. The Hall–Kier alpha value is -5.02. The molecule has 294 valence electrons. The van der Waals surface area contributed by atoms with E-state index in [9.17, 15) is 9.59 Å². The number of carbonyl (C=O) groups is 2. The molecule has 6 nitrogen and oxygen atoms in total. The van der Waals surface area contributed by atoms with Gasteiger partial charge in [0.25, 0.3) is 0 Å². The summed E-state index contributed by atoms with van der Waals surface area (Å²) in [5.41, 5.74) is 17.1. The molecule has 60 heavy (non-hydrogen) atoms. The molecular formula is C50H36I2N4O2S2. The lowest BCUT2D eigenvalue weighted by Gasteiger charge is -2.09. The Morgan fingerprint density at radius 1 is 0.467 bits per heavy atom. The molecule has 0 saturated carbocycles. The van der Waals surface area contributed by atoms with Crippen LogP contribution < -0.4 is 0 Å². The van der Waals surface area contributed by atoms with Crippen LogP contribution in [0.25, 0.3) is 90.9 Å². The Morgan fingerprint density at radius 3 is 1.10 bits per heavy atom. The average Bonchev–Trinajstić information content (AvgIpc) is 4.08. The minimum atomic E-state index is 0.0881. The Balaban J connectivity index is 1.42. The zero-order chi connectivity index (χ0) is 41.3. The highest BCUT2D eigenvalue weighted by Crippen LogP contribution is 2.39. The van der Waals surface area contributed by atoms with Crippen LogP contribution in [0.4, 0.5) is 0 Å². The van der Waals surface area contributed by atoms with Gasteiger partial charge < -0.3 is 9.97 Å². The lowest BCUT2D eigenvalue weighted by Crippen LogP contribution is -1.91. The lowest BCUT2D eigenvalue weighted by atomic mass is 10.0. The van der Waals surface area contributed by atoms with Crippen molar-refractivity contribution < 1.29 is 9.59 Å². The number of nitrogens with one attached hydrogen (secondary N) is 2. The van der Waals surface area contributed by atoms with Gasteiger partial charge in [-0.3, -0.25) is 9.59 Å². The molecule has 4 aromatic carbocycles. The third-order valence-electron chi connectivity index (χ3n) is 10.3. The minimum absolute atomic E-state index is 0.0881. The number of aromatic amines is 2. The van der Waals surface area contributed by atoms with Crippen molar-refractivity contribution in [3.05, 3.63) is 162 Å². The van der Waals surface area contributed by atoms with Gasteiger partial charge in [0.1, 0.15) is 0 Å². The van der Waals surface area contributed by atoms with E-state index in [0.29, 0.717) is 11.5 Å². The highest BCUT2D eigenvalue weighted by atomic mass is 127. The molecule has 2 aliphatic rings. The molecule has 0 spiro atoms. The van der Waals surface area contributed by atoms with E-state index in [1.807, 2.05) is 0 Å². The fourth-order valence-electron chi connectivity index (χ4n) is 7.71. The monoisotopic (exact) mass is 1040 g/mol. The van der Waals surface area contributed by atoms with Gasteiger partial charge in [0.2, 0.25) is 0 Å². The van der Waals surface area contributed by atoms with Crippen molar-refractivity contribution in [1.29, 1.82) is 0 Å². The number of hydrogen-bond donors (Lipinski definition) is 2. The van der Waals surface area contributed by atoms with Crippen LogP contribution in [0.3, 0.4) is 0 Å². The van der Waals surface area contributed by atoms with Gasteiger partial charge in [-0.2, -0.15) is 0 Å².